The normalized spacial score (nSPS) is 12.2. The Hall–Kier alpha value is -1.88. The highest BCUT2D eigenvalue weighted by molar-refractivity contribution is 7.89. The number of rotatable bonds is 4. The smallest absolute Gasteiger partial charge is 0.323 e. The molecule has 0 radical (unpaired) electrons. The second-order valence-corrected chi connectivity index (χ2v) is 5.99. The number of methoxy groups -OCH3 is 1. The lowest BCUT2D eigenvalue weighted by molar-refractivity contribution is -0.142. The van der Waals surface area contributed by atoms with Crippen LogP contribution in [0.5, 0.6) is 0 Å². The Balaban J connectivity index is 3.16. The van der Waals surface area contributed by atoms with Crippen LogP contribution in [-0.4, -0.2) is 39.3 Å². The molecule has 0 aromatic heterocycles. The minimum Gasteiger partial charge on any atom is -0.468 e. The van der Waals surface area contributed by atoms with E-state index < -0.39 is 22.0 Å². The quantitative estimate of drug-likeness (QED) is 0.611. The number of aryl methyl sites for hydroxylation is 1. The van der Waals surface area contributed by atoms with E-state index in [1.807, 2.05) is 0 Å². The van der Waals surface area contributed by atoms with Crippen molar-refractivity contribution in [1.82, 2.24) is 4.72 Å². The molecule has 0 saturated carbocycles. The highest BCUT2D eigenvalue weighted by Gasteiger charge is 2.24. The van der Waals surface area contributed by atoms with Crippen molar-refractivity contribution in [3.8, 4) is 11.8 Å². The van der Waals surface area contributed by atoms with Crippen molar-refractivity contribution < 1.29 is 23.1 Å². The van der Waals surface area contributed by atoms with E-state index in [1.54, 1.807) is 19.1 Å². The Kier molecular flexibility index (Phi) is 5.90. The van der Waals surface area contributed by atoms with Crippen molar-refractivity contribution in [1.29, 1.82) is 0 Å². The molecule has 0 spiro atoms. The number of aliphatic hydroxyl groups excluding tert-OH is 1. The average molecular weight is 311 g/mol. The summed E-state index contributed by atoms with van der Waals surface area (Å²) < 4.78 is 31.3. The molecule has 1 aromatic carbocycles. The zero-order chi connectivity index (χ0) is 16.0. The number of hydrogen-bond acceptors (Lipinski definition) is 5. The van der Waals surface area contributed by atoms with E-state index in [4.69, 9.17) is 5.11 Å². The number of benzene rings is 1. The minimum absolute atomic E-state index is 0.0305. The number of esters is 1. The zero-order valence-corrected chi connectivity index (χ0v) is 12.8. The lowest BCUT2D eigenvalue weighted by Gasteiger charge is -2.13. The van der Waals surface area contributed by atoms with Crippen LogP contribution in [0, 0.1) is 18.8 Å². The summed E-state index contributed by atoms with van der Waals surface area (Å²) in [6.45, 7) is 2.72. The lowest BCUT2D eigenvalue weighted by Crippen LogP contribution is -2.39. The van der Waals surface area contributed by atoms with Crippen LogP contribution in [0.3, 0.4) is 0 Å². The summed E-state index contributed by atoms with van der Waals surface area (Å²) in [7, 11) is -2.69. The Morgan fingerprint density at radius 3 is 2.71 bits per heavy atom. The van der Waals surface area contributed by atoms with E-state index in [1.165, 1.54) is 20.1 Å². The van der Waals surface area contributed by atoms with Crippen LogP contribution in [0.1, 0.15) is 18.1 Å². The second-order valence-electron chi connectivity index (χ2n) is 4.31. The van der Waals surface area contributed by atoms with Gasteiger partial charge in [-0.2, -0.15) is 4.72 Å². The fourth-order valence-electron chi connectivity index (χ4n) is 1.63. The SMILES string of the molecule is COC(=O)C(C)NS(=O)(=O)c1cc(C#CCO)ccc1C. The van der Waals surface area contributed by atoms with Gasteiger partial charge in [-0.25, -0.2) is 8.42 Å². The van der Waals surface area contributed by atoms with Crippen molar-refractivity contribution in [3.63, 3.8) is 0 Å². The topological polar surface area (TPSA) is 92.7 Å². The van der Waals surface area contributed by atoms with E-state index in [-0.39, 0.29) is 11.5 Å². The van der Waals surface area contributed by atoms with Gasteiger partial charge in [0.2, 0.25) is 10.0 Å². The largest absolute Gasteiger partial charge is 0.468 e. The highest BCUT2D eigenvalue weighted by Crippen LogP contribution is 2.17. The number of carbonyl (C=O) groups excluding carboxylic acids is 1. The Morgan fingerprint density at radius 1 is 1.48 bits per heavy atom. The molecule has 0 heterocycles. The number of ether oxygens (including phenoxy) is 1. The van der Waals surface area contributed by atoms with Crippen molar-refractivity contribution in [3.05, 3.63) is 29.3 Å². The van der Waals surface area contributed by atoms with Gasteiger partial charge in [-0.3, -0.25) is 4.79 Å². The van der Waals surface area contributed by atoms with Crippen LogP contribution in [0.15, 0.2) is 23.1 Å². The van der Waals surface area contributed by atoms with Gasteiger partial charge in [-0.05, 0) is 31.5 Å². The van der Waals surface area contributed by atoms with E-state index in [0.717, 1.165) is 0 Å². The van der Waals surface area contributed by atoms with Crippen molar-refractivity contribution in [2.75, 3.05) is 13.7 Å². The predicted molar refractivity (Wildman–Crippen MR) is 76.9 cm³/mol. The number of sulfonamides is 1. The van der Waals surface area contributed by atoms with Gasteiger partial charge >= 0.3 is 5.97 Å². The molecule has 0 aliphatic carbocycles. The fraction of sp³-hybridized carbons (Fsp3) is 0.357. The van der Waals surface area contributed by atoms with E-state index in [9.17, 15) is 13.2 Å². The number of nitrogens with one attached hydrogen (secondary N) is 1. The Labute approximate surface area is 124 Å². The molecule has 7 heteroatoms. The van der Waals surface area contributed by atoms with Gasteiger partial charge in [-0.15, -0.1) is 0 Å². The molecule has 0 saturated heterocycles. The molecule has 114 valence electrons. The summed E-state index contributed by atoms with van der Waals surface area (Å²) >= 11 is 0. The maximum atomic E-state index is 12.3. The number of aliphatic hydroxyl groups is 1. The van der Waals surface area contributed by atoms with Crippen LogP contribution < -0.4 is 4.72 Å². The van der Waals surface area contributed by atoms with Crippen LogP contribution in [0.4, 0.5) is 0 Å². The van der Waals surface area contributed by atoms with E-state index >= 15 is 0 Å². The molecule has 6 nitrogen and oxygen atoms in total. The van der Waals surface area contributed by atoms with Gasteiger partial charge < -0.3 is 9.84 Å². The summed E-state index contributed by atoms with van der Waals surface area (Å²) in [6, 6.07) is 3.66. The molecule has 0 aliphatic heterocycles. The Bertz CT molecular complexity index is 685. The van der Waals surface area contributed by atoms with Crippen molar-refractivity contribution in [2.24, 2.45) is 0 Å². The molecule has 1 aromatic rings. The molecule has 21 heavy (non-hydrogen) atoms. The van der Waals surface area contributed by atoms with Crippen LogP contribution in [0.2, 0.25) is 0 Å². The first-order valence-corrected chi connectivity index (χ1v) is 7.60. The van der Waals surface area contributed by atoms with Crippen LogP contribution in [-0.2, 0) is 19.6 Å². The number of hydrogen-bond donors (Lipinski definition) is 2. The molecule has 0 fully saturated rings. The molecular formula is C14H17NO5S. The van der Waals surface area contributed by atoms with Gasteiger partial charge in [0.05, 0.1) is 12.0 Å². The van der Waals surface area contributed by atoms with E-state index in [0.29, 0.717) is 11.1 Å². The van der Waals surface area contributed by atoms with Crippen molar-refractivity contribution in [2.45, 2.75) is 24.8 Å². The molecule has 2 N–H and O–H groups in total. The molecule has 1 unspecified atom stereocenters. The zero-order valence-electron chi connectivity index (χ0n) is 12.0. The summed E-state index contributed by atoms with van der Waals surface area (Å²) in [4.78, 5) is 11.3. The molecular weight excluding hydrogens is 294 g/mol. The molecule has 0 amide bonds. The first-order valence-electron chi connectivity index (χ1n) is 6.12. The van der Waals surface area contributed by atoms with Crippen molar-refractivity contribution >= 4 is 16.0 Å². The summed E-state index contributed by atoms with van der Waals surface area (Å²) in [5, 5.41) is 8.66. The van der Waals surface area contributed by atoms with Crippen LogP contribution in [0.25, 0.3) is 0 Å². The third-order valence-electron chi connectivity index (χ3n) is 2.68. The van der Waals surface area contributed by atoms with Crippen LogP contribution >= 0.6 is 0 Å². The van der Waals surface area contributed by atoms with E-state index in [2.05, 4.69) is 21.3 Å². The Morgan fingerprint density at radius 2 is 2.14 bits per heavy atom. The molecule has 0 aliphatic rings. The monoisotopic (exact) mass is 311 g/mol. The minimum atomic E-state index is -3.87. The van der Waals surface area contributed by atoms with Gasteiger partial charge in [0.25, 0.3) is 0 Å². The number of carbonyl (C=O) groups is 1. The molecule has 1 rings (SSSR count). The second kappa shape index (κ2) is 7.22. The van der Waals surface area contributed by atoms with Gasteiger partial charge in [0.1, 0.15) is 12.6 Å². The molecule has 1 atom stereocenters. The summed E-state index contributed by atoms with van der Waals surface area (Å²) in [5.41, 5.74) is 0.981. The average Bonchev–Trinajstić information content (AvgIpc) is 2.44. The van der Waals surface area contributed by atoms with Gasteiger partial charge in [0.15, 0.2) is 0 Å². The summed E-state index contributed by atoms with van der Waals surface area (Å²) in [6.07, 6.45) is 0. The van der Waals surface area contributed by atoms with Gasteiger partial charge in [0, 0.05) is 5.56 Å². The maximum absolute atomic E-state index is 12.3. The molecule has 0 bridgehead atoms. The summed E-state index contributed by atoms with van der Waals surface area (Å²) in [5.74, 6) is 4.41. The predicted octanol–water partition coefficient (Wildman–Crippen LogP) is 0.179. The third-order valence-corrected chi connectivity index (χ3v) is 4.36. The third kappa shape index (κ3) is 4.56. The maximum Gasteiger partial charge on any atom is 0.323 e. The van der Waals surface area contributed by atoms with Gasteiger partial charge in [-0.1, -0.05) is 17.9 Å². The fourth-order valence-corrected chi connectivity index (χ4v) is 3.09. The first kappa shape index (κ1) is 17.2. The highest BCUT2D eigenvalue weighted by atomic mass is 32.2. The standard InChI is InChI=1S/C14H17NO5S/c1-10-6-7-12(5-4-8-16)9-13(10)21(18,19)15-11(2)14(17)20-3/h6-7,9,11,15-16H,8H2,1-3H3. The first-order chi connectivity index (χ1) is 9.81. The lowest BCUT2D eigenvalue weighted by atomic mass is 10.1.